The Balaban J connectivity index is 1.96. The molecule has 1 aromatic heterocycles. The van der Waals surface area contributed by atoms with Gasteiger partial charge in [-0.2, -0.15) is 0 Å². The number of aromatic nitrogens is 1. The summed E-state index contributed by atoms with van der Waals surface area (Å²) in [6, 6.07) is 12.1. The number of benzene rings is 1. The van der Waals surface area contributed by atoms with Crippen molar-refractivity contribution in [2.24, 2.45) is 0 Å². The number of nitrogens with zero attached hydrogens (tertiary/aromatic N) is 1. The van der Waals surface area contributed by atoms with Crippen molar-refractivity contribution in [2.45, 2.75) is 20.4 Å². The molecule has 0 amide bonds. The molecule has 0 aliphatic heterocycles. The molecule has 1 N–H and O–H groups in total. The highest BCUT2D eigenvalue weighted by atomic mass is 16.5. The van der Waals surface area contributed by atoms with Crippen molar-refractivity contribution in [3.63, 3.8) is 0 Å². The second-order valence-corrected chi connectivity index (χ2v) is 4.10. The molecule has 2 rings (SSSR count). The zero-order valence-electron chi connectivity index (χ0n) is 10.8. The van der Waals surface area contributed by atoms with Crippen LogP contribution >= 0.6 is 0 Å². The van der Waals surface area contributed by atoms with Gasteiger partial charge in [0.05, 0.1) is 6.61 Å². The Morgan fingerprint density at radius 1 is 1.17 bits per heavy atom. The minimum atomic E-state index is 0.699. The van der Waals surface area contributed by atoms with E-state index in [1.807, 2.05) is 38.1 Å². The normalized spacial score (nSPS) is 10.1. The van der Waals surface area contributed by atoms with Crippen LogP contribution in [-0.4, -0.2) is 11.6 Å². The van der Waals surface area contributed by atoms with Crippen LogP contribution in [0.5, 0.6) is 5.75 Å². The van der Waals surface area contributed by atoms with Gasteiger partial charge in [-0.05, 0) is 43.2 Å². The summed E-state index contributed by atoms with van der Waals surface area (Å²) in [6.07, 6.45) is 1.80. The van der Waals surface area contributed by atoms with Crippen LogP contribution in [0.2, 0.25) is 0 Å². The number of hydrogen-bond donors (Lipinski definition) is 1. The average Bonchev–Trinajstić information content (AvgIpc) is 2.40. The first-order valence-corrected chi connectivity index (χ1v) is 6.17. The van der Waals surface area contributed by atoms with E-state index < -0.39 is 0 Å². The van der Waals surface area contributed by atoms with Gasteiger partial charge in [0, 0.05) is 12.7 Å². The molecule has 0 atom stereocenters. The largest absolute Gasteiger partial charge is 0.494 e. The maximum Gasteiger partial charge on any atom is 0.129 e. The zero-order valence-corrected chi connectivity index (χ0v) is 10.8. The van der Waals surface area contributed by atoms with Gasteiger partial charge in [-0.1, -0.05) is 18.2 Å². The number of pyridine rings is 1. The average molecular weight is 242 g/mol. The van der Waals surface area contributed by atoms with Crippen molar-refractivity contribution in [2.75, 3.05) is 11.9 Å². The molecule has 3 nitrogen and oxygen atoms in total. The number of ether oxygens (including phenoxy) is 1. The Bertz CT molecular complexity index is 494. The fourth-order valence-electron chi connectivity index (χ4n) is 1.73. The molecule has 0 radical (unpaired) electrons. The van der Waals surface area contributed by atoms with Gasteiger partial charge in [0.25, 0.3) is 0 Å². The summed E-state index contributed by atoms with van der Waals surface area (Å²) < 4.78 is 5.41. The Hall–Kier alpha value is -2.03. The summed E-state index contributed by atoms with van der Waals surface area (Å²) >= 11 is 0. The first-order valence-electron chi connectivity index (χ1n) is 6.17. The second-order valence-electron chi connectivity index (χ2n) is 4.10. The highest BCUT2D eigenvalue weighted by Gasteiger charge is 1.99. The summed E-state index contributed by atoms with van der Waals surface area (Å²) in [5.41, 5.74) is 2.37. The summed E-state index contributed by atoms with van der Waals surface area (Å²) in [5, 5.41) is 3.33. The van der Waals surface area contributed by atoms with E-state index in [1.54, 1.807) is 6.20 Å². The van der Waals surface area contributed by atoms with E-state index in [4.69, 9.17) is 4.74 Å². The van der Waals surface area contributed by atoms with Crippen LogP contribution in [0, 0.1) is 6.92 Å². The van der Waals surface area contributed by atoms with Crippen LogP contribution in [0.25, 0.3) is 0 Å². The van der Waals surface area contributed by atoms with Gasteiger partial charge in [0.2, 0.25) is 0 Å². The van der Waals surface area contributed by atoms with Crippen LogP contribution in [0.4, 0.5) is 5.82 Å². The number of anilines is 1. The SMILES string of the molecule is CCOc1ccc(CNc2ncccc2C)cc1. The lowest BCUT2D eigenvalue weighted by atomic mass is 10.2. The molecule has 1 aromatic carbocycles. The summed E-state index contributed by atoms with van der Waals surface area (Å²) in [5.74, 6) is 1.85. The van der Waals surface area contributed by atoms with Crippen LogP contribution in [0.3, 0.4) is 0 Å². The fourth-order valence-corrected chi connectivity index (χ4v) is 1.73. The molecular formula is C15H18N2O. The first-order chi connectivity index (χ1) is 8.79. The van der Waals surface area contributed by atoms with Crippen molar-refractivity contribution < 1.29 is 4.74 Å². The quantitative estimate of drug-likeness (QED) is 0.872. The van der Waals surface area contributed by atoms with Gasteiger partial charge in [0.1, 0.15) is 11.6 Å². The lowest BCUT2D eigenvalue weighted by Gasteiger charge is -2.09. The van der Waals surface area contributed by atoms with Gasteiger partial charge < -0.3 is 10.1 Å². The highest BCUT2D eigenvalue weighted by molar-refractivity contribution is 5.43. The fraction of sp³-hybridized carbons (Fsp3) is 0.267. The van der Waals surface area contributed by atoms with Gasteiger partial charge in [-0.15, -0.1) is 0 Å². The van der Waals surface area contributed by atoms with E-state index in [0.29, 0.717) is 6.61 Å². The molecule has 0 aliphatic carbocycles. The molecule has 0 fully saturated rings. The van der Waals surface area contributed by atoms with Gasteiger partial charge in [-0.25, -0.2) is 4.98 Å². The van der Waals surface area contributed by atoms with E-state index in [1.165, 1.54) is 5.56 Å². The second kappa shape index (κ2) is 6.05. The van der Waals surface area contributed by atoms with Gasteiger partial charge >= 0.3 is 0 Å². The van der Waals surface area contributed by atoms with E-state index in [2.05, 4.69) is 22.4 Å². The molecule has 0 bridgehead atoms. The van der Waals surface area contributed by atoms with Crippen molar-refractivity contribution in [1.82, 2.24) is 4.98 Å². The molecule has 0 spiro atoms. The summed E-state index contributed by atoms with van der Waals surface area (Å²) in [4.78, 5) is 4.30. The molecule has 94 valence electrons. The topological polar surface area (TPSA) is 34.1 Å². The number of nitrogens with one attached hydrogen (secondary N) is 1. The smallest absolute Gasteiger partial charge is 0.129 e. The van der Waals surface area contributed by atoms with Crippen molar-refractivity contribution >= 4 is 5.82 Å². The Morgan fingerprint density at radius 2 is 1.94 bits per heavy atom. The predicted molar refractivity (Wildman–Crippen MR) is 73.9 cm³/mol. The van der Waals surface area contributed by atoms with Crippen LogP contribution in [0.15, 0.2) is 42.6 Å². The van der Waals surface area contributed by atoms with Crippen molar-refractivity contribution in [3.05, 3.63) is 53.7 Å². The molecule has 18 heavy (non-hydrogen) atoms. The monoisotopic (exact) mass is 242 g/mol. The minimum absolute atomic E-state index is 0.699. The summed E-state index contributed by atoms with van der Waals surface area (Å²) in [7, 11) is 0. The predicted octanol–water partition coefficient (Wildman–Crippen LogP) is 3.40. The van der Waals surface area contributed by atoms with Gasteiger partial charge in [-0.3, -0.25) is 0 Å². The highest BCUT2D eigenvalue weighted by Crippen LogP contribution is 2.14. The number of rotatable bonds is 5. The molecule has 3 heteroatoms. The van der Waals surface area contributed by atoms with Crippen LogP contribution < -0.4 is 10.1 Å². The lowest BCUT2D eigenvalue weighted by molar-refractivity contribution is 0.340. The molecule has 0 aliphatic rings. The standard InChI is InChI=1S/C15H18N2O/c1-3-18-14-8-6-13(7-9-14)11-17-15-12(2)5-4-10-16-15/h4-10H,3,11H2,1-2H3,(H,16,17). The molecule has 2 aromatic rings. The van der Waals surface area contributed by atoms with E-state index in [9.17, 15) is 0 Å². The molecule has 0 saturated carbocycles. The first kappa shape index (κ1) is 12.4. The lowest BCUT2D eigenvalue weighted by Crippen LogP contribution is -2.02. The van der Waals surface area contributed by atoms with Crippen molar-refractivity contribution in [1.29, 1.82) is 0 Å². The van der Waals surface area contributed by atoms with E-state index in [0.717, 1.165) is 23.7 Å². The third kappa shape index (κ3) is 3.23. The molecular weight excluding hydrogens is 224 g/mol. The van der Waals surface area contributed by atoms with Crippen LogP contribution in [0.1, 0.15) is 18.1 Å². The maximum atomic E-state index is 5.41. The Labute approximate surface area is 108 Å². The zero-order chi connectivity index (χ0) is 12.8. The minimum Gasteiger partial charge on any atom is -0.494 e. The number of aryl methyl sites for hydroxylation is 1. The van der Waals surface area contributed by atoms with Crippen molar-refractivity contribution in [3.8, 4) is 5.75 Å². The number of hydrogen-bond acceptors (Lipinski definition) is 3. The third-order valence-corrected chi connectivity index (χ3v) is 2.70. The molecule has 0 saturated heterocycles. The Morgan fingerprint density at radius 3 is 2.61 bits per heavy atom. The van der Waals surface area contributed by atoms with E-state index >= 15 is 0 Å². The molecule has 1 heterocycles. The maximum absolute atomic E-state index is 5.41. The molecule has 0 unspecified atom stereocenters. The van der Waals surface area contributed by atoms with E-state index in [-0.39, 0.29) is 0 Å². The van der Waals surface area contributed by atoms with Gasteiger partial charge in [0.15, 0.2) is 0 Å². The summed E-state index contributed by atoms with van der Waals surface area (Å²) in [6.45, 7) is 5.50. The third-order valence-electron chi connectivity index (χ3n) is 2.70. The Kier molecular flexibility index (Phi) is 4.18. The van der Waals surface area contributed by atoms with Crippen LogP contribution in [-0.2, 0) is 6.54 Å².